The van der Waals surface area contributed by atoms with Crippen LogP contribution in [0.15, 0.2) is 30.3 Å². The van der Waals surface area contributed by atoms with Gasteiger partial charge in [0.25, 0.3) is 0 Å². The lowest BCUT2D eigenvalue weighted by molar-refractivity contribution is -0.111. The van der Waals surface area contributed by atoms with Gasteiger partial charge in [0, 0.05) is 22.0 Å². The maximum absolute atomic E-state index is 12.8. The number of rotatable bonds is 6. The average Bonchev–Trinajstić information content (AvgIpc) is 3.04. The van der Waals surface area contributed by atoms with Gasteiger partial charge in [-0.3, -0.25) is 4.79 Å². The summed E-state index contributed by atoms with van der Waals surface area (Å²) in [4.78, 5) is 26.5. The normalized spacial score (nSPS) is 16.6. The summed E-state index contributed by atoms with van der Waals surface area (Å²) in [5, 5.41) is 7.06. The molecule has 31 heavy (non-hydrogen) atoms. The van der Waals surface area contributed by atoms with Crippen LogP contribution in [0.5, 0.6) is 5.75 Å². The molecule has 166 valence electrons. The molecule has 0 radical (unpaired) electrons. The Morgan fingerprint density at radius 3 is 2.48 bits per heavy atom. The summed E-state index contributed by atoms with van der Waals surface area (Å²) in [7, 11) is 1.61. The Kier molecular flexibility index (Phi) is 6.57. The van der Waals surface area contributed by atoms with E-state index >= 15 is 0 Å². The van der Waals surface area contributed by atoms with Gasteiger partial charge >= 0.3 is 5.97 Å². The van der Waals surface area contributed by atoms with Gasteiger partial charge in [-0.05, 0) is 70.4 Å². The lowest BCUT2D eigenvalue weighted by Crippen LogP contribution is -2.55. The van der Waals surface area contributed by atoms with Crippen LogP contribution in [0.1, 0.15) is 61.0 Å². The summed E-state index contributed by atoms with van der Waals surface area (Å²) >= 11 is 1.43. The molecule has 0 atom stereocenters. The van der Waals surface area contributed by atoms with Crippen molar-refractivity contribution >= 4 is 34.3 Å². The Hall–Kier alpha value is -2.64. The first-order chi connectivity index (χ1) is 14.6. The van der Waals surface area contributed by atoms with E-state index in [2.05, 4.69) is 38.3 Å². The van der Waals surface area contributed by atoms with Crippen LogP contribution >= 0.6 is 11.3 Å². The third-order valence-corrected chi connectivity index (χ3v) is 6.57. The first-order valence-corrected chi connectivity index (χ1v) is 11.1. The zero-order chi connectivity index (χ0) is 22.8. The van der Waals surface area contributed by atoms with Crippen LogP contribution in [-0.2, 0) is 21.5 Å². The Labute approximate surface area is 187 Å². The number of anilines is 1. The van der Waals surface area contributed by atoms with Crippen LogP contribution in [-0.4, -0.2) is 31.1 Å². The van der Waals surface area contributed by atoms with Gasteiger partial charge in [-0.15, -0.1) is 11.3 Å². The quantitative estimate of drug-likeness (QED) is 0.499. The van der Waals surface area contributed by atoms with Crippen molar-refractivity contribution in [2.45, 2.75) is 52.1 Å². The zero-order valence-corrected chi connectivity index (χ0v) is 19.7. The topological polar surface area (TPSA) is 76.7 Å². The molecule has 1 amide bonds. The van der Waals surface area contributed by atoms with Gasteiger partial charge in [0.2, 0.25) is 5.91 Å². The van der Waals surface area contributed by atoms with Crippen LogP contribution in [0.4, 0.5) is 5.00 Å². The summed E-state index contributed by atoms with van der Waals surface area (Å²) in [6.07, 6.45) is 3.86. The van der Waals surface area contributed by atoms with E-state index in [0.717, 1.165) is 21.8 Å². The fraction of sp³-hybridized carbons (Fsp3) is 0.417. The first-order valence-electron chi connectivity index (χ1n) is 10.3. The van der Waals surface area contributed by atoms with Crippen molar-refractivity contribution in [1.29, 1.82) is 0 Å². The van der Waals surface area contributed by atoms with Crippen molar-refractivity contribution in [3.63, 3.8) is 0 Å². The molecule has 2 heterocycles. The molecule has 0 spiro atoms. The second kappa shape index (κ2) is 8.85. The van der Waals surface area contributed by atoms with Crippen molar-refractivity contribution in [2.75, 3.05) is 19.0 Å². The second-order valence-corrected chi connectivity index (χ2v) is 9.76. The highest BCUT2D eigenvalue weighted by Gasteiger charge is 2.42. The van der Waals surface area contributed by atoms with Crippen molar-refractivity contribution in [2.24, 2.45) is 0 Å². The van der Waals surface area contributed by atoms with E-state index in [1.54, 1.807) is 20.1 Å². The number of carbonyl (C=O) groups is 2. The smallest absolute Gasteiger partial charge is 0.341 e. The van der Waals surface area contributed by atoms with E-state index in [0.29, 0.717) is 17.0 Å². The Balaban J connectivity index is 1.91. The fourth-order valence-electron chi connectivity index (χ4n) is 4.08. The van der Waals surface area contributed by atoms with Crippen LogP contribution in [0.3, 0.4) is 0 Å². The Morgan fingerprint density at radius 2 is 1.87 bits per heavy atom. The van der Waals surface area contributed by atoms with Gasteiger partial charge < -0.3 is 20.1 Å². The van der Waals surface area contributed by atoms with Crippen molar-refractivity contribution in [3.05, 3.63) is 51.9 Å². The Bertz CT molecular complexity index is 1000. The molecule has 0 fully saturated rings. The first kappa shape index (κ1) is 23.0. The molecule has 2 N–H and O–H groups in total. The monoisotopic (exact) mass is 442 g/mol. The van der Waals surface area contributed by atoms with E-state index in [4.69, 9.17) is 9.47 Å². The second-order valence-electron chi connectivity index (χ2n) is 8.74. The zero-order valence-electron chi connectivity index (χ0n) is 18.9. The van der Waals surface area contributed by atoms with Crippen molar-refractivity contribution in [1.82, 2.24) is 5.32 Å². The summed E-state index contributed by atoms with van der Waals surface area (Å²) < 4.78 is 10.5. The summed E-state index contributed by atoms with van der Waals surface area (Å²) in [6, 6.07) is 7.40. The minimum absolute atomic E-state index is 0.186. The number of nitrogens with one attached hydrogen (secondary N) is 2. The third kappa shape index (κ3) is 5.17. The summed E-state index contributed by atoms with van der Waals surface area (Å²) in [5.41, 5.74) is 1.78. The van der Waals surface area contributed by atoms with E-state index in [9.17, 15) is 9.59 Å². The number of methoxy groups -OCH3 is 1. The number of amides is 1. The molecule has 0 aliphatic carbocycles. The van der Waals surface area contributed by atoms with E-state index in [1.807, 2.05) is 24.3 Å². The molecule has 3 rings (SSSR count). The maximum atomic E-state index is 12.8. The molecule has 1 aliphatic rings. The van der Waals surface area contributed by atoms with E-state index in [1.165, 1.54) is 17.4 Å². The van der Waals surface area contributed by atoms with Crippen molar-refractivity contribution in [3.8, 4) is 5.75 Å². The lowest BCUT2D eigenvalue weighted by Gasteiger charge is -2.42. The Morgan fingerprint density at radius 1 is 1.19 bits per heavy atom. The average molecular weight is 443 g/mol. The van der Waals surface area contributed by atoms with E-state index < -0.39 is 5.97 Å². The maximum Gasteiger partial charge on any atom is 0.341 e. The van der Waals surface area contributed by atoms with Crippen LogP contribution in [0.25, 0.3) is 6.08 Å². The highest BCUT2D eigenvalue weighted by molar-refractivity contribution is 7.17. The molecule has 0 bridgehead atoms. The predicted molar refractivity (Wildman–Crippen MR) is 125 cm³/mol. The number of hydrogen-bond acceptors (Lipinski definition) is 6. The predicted octanol–water partition coefficient (Wildman–Crippen LogP) is 4.74. The molecule has 1 aliphatic heterocycles. The standard InChI is InChI=1S/C24H30N2O4S/c1-7-30-22(28)19-17-14-23(2,3)26-24(4,5)20(17)31-21(19)25-18(27)13-10-15-8-11-16(29-6)12-9-15/h8-13,26H,7,14H2,1-6H3,(H,25,27)/b13-10+. The molecule has 2 aromatic rings. The molecule has 1 aromatic heterocycles. The minimum atomic E-state index is -0.400. The number of esters is 1. The highest BCUT2D eigenvalue weighted by atomic mass is 32.1. The van der Waals surface area contributed by atoms with Crippen LogP contribution in [0.2, 0.25) is 0 Å². The molecule has 0 saturated carbocycles. The highest BCUT2D eigenvalue weighted by Crippen LogP contribution is 2.45. The molecular formula is C24H30N2O4S. The van der Waals surface area contributed by atoms with Gasteiger partial charge in [0.15, 0.2) is 0 Å². The van der Waals surface area contributed by atoms with Crippen molar-refractivity contribution < 1.29 is 19.1 Å². The molecule has 6 nitrogen and oxygen atoms in total. The van der Waals surface area contributed by atoms with Gasteiger partial charge in [-0.25, -0.2) is 4.79 Å². The van der Waals surface area contributed by atoms with Gasteiger partial charge in [-0.2, -0.15) is 0 Å². The number of ether oxygens (including phenoxy) is 2. The fourth-order valence-corrected chi connectivity index (χ4v) is 5.34. The van der Waals surface area contributed by atoms with Gasteiger partial charge in [-0.1, -0.05) is 12.1 Å². The molecule has 7 heteroatoms. The molecule has 0 unspecified atom stereocenters. The molecule has 1 aromatic carbocycles. The lowest BCUT2D eigenvalue weighted by atomic mass is 9.81. The molecular weight excluding hydrogens is 412 g/mol. The number of hydrogen-bond donors (Lipinski definition) is 2. The summed E-state index contributed by atoms with van der Waals surface area (Å²) in [5.74, 6) is 0.0527. The number of carbonyl (C=O) groups excluding carboxylic acids is 2. The summed E-state index contributed by atoms with van der Waals surface area (Å²) in [6.45, 7) is 10.5. The van der Waals surface area contributed by atoms with Crippen LogP contribution < -0.4 is 15.4 Å². The van der Waals surface area contributed by atoms with Crippen LogP contribution in [0, 0.1) is 0 Å². The van der Waals surface area contributed by atoms with Gasteiger partial charge in [0.1, 0.15) is 10.8 Å². The van der Waals surface area contributed by atoms with E-state index in [-0.39, 0.29) is 23.6 Å². The minimum Gasteiger partial charge on any atom is -0.497 e. The molecule has 0 saturated heterocycles. The third-order valence-electron chi connectivity index (χ3n) is 5.10. The SMILES string of the molecule is CCOC(=O)c1c(NC(=O)/C=C/c2ccc(OC)cc2)sc2c1CC(C)(C)NC2(C)C. The number of benzene rings is 1. The van der Waals surface area contributed by atoms with Gasteiger partial charge in [0.05, 0.1) is 19.3 Å². The number of thiophene rings is 1. The number of fused-ring (bicyclic) bond motifs is 1. The largest absolute Gasteiger partial charge is 0.497 e.